The molecule has 0 saturated carbocycles. The number of para-hydroxylation sites is 1. The van der Waals surface area contributed by atoms with Gasteiger partial charge >= 0.3 is 0 Å². The zero-order valence-corrected chi connectivity index (χ0v) is 15.5. The van der Waals surface area contributed by atoms with Crippen LogP contribution in [0.3, 0.4) is 0 Å². The summed E-state index contributed by atoms with van der Waals surface area (Å²) in [6.07, 6.45) is 0.972. The van der Waals surface area contributed by atoms with Crippen LogP contribution in [0.15, 0.2) is 48.5 Å². The molecule has 0 unspecified atom stereocenters. The topological polar surface area (TPSA) is 24.5 Å². The van der Waals surface area contributed by atoms with Crippen molar-refractivity contribution >= 4 is 30.5 Å². The largest absolute Gasteiger partial charge is 0.496 e. The van der Waals surface area contributed by atoms with Crippen molar-refractivity contribution in [3.8, 4) is 5.75 Å². The summed E-state index contributed by atoms with van der Waals surface area (Å²) in [6.45, 7) is 1.83. The van der Waals surface area contributed by atoms with Gasteiger partial charge < -0.3 is 15.0 Å². The fourth-order valence-corrected chi connectivity index (χ4v) is 2.28. The summed E-state index contributed by atoms with van der Waals surface area (Å²) in [7, 11) is 5.83. The molecule has 0 radical (unpaired) electrons. The average Bonchev–Trinajstić information content (AvgIpc) is 2.52. The lowest BCUT2D eigenvalue weighted by Gasteiger charge is -2.13. The number of rotatable bonds is 7. The van der Waals surface area contributed by atoms with Crippen LogP contribution >= 0.6 is 24.8 Å². The molecule has 0 amide bonds. The Morgan fingerprint density at radius 1 is 0.957 bits per heavy atom. The maximum atomic E-state index is 5.36. The summed E-state index contributed by atoms with van der Waals surface area (Å²) < 4.78 is 5.36. The molecular weight excluding hydrogens is 331 g/mol. The fraction of sp³-hybridized carbons (Fsp3) is 0.333. The first-order valence-electron chi connectivity index (χ1n) is 7.29. The highest BCUT2D eigenvalue weighted by Crippen LogP contribution is 2.17. The van der Waals surface area contributed by atoms with Crippen LogP contribution in [0.1, 0.15) is 11.1 Å². The van der Waals surface area contributed by atoms with Crippen LogP contribution in [0.4, 0.5) is 5.69 Å². The van der Waals surface area contributed by atoms with Gasteiger partial charge in [0, 0.05) is 26.3 Å². The summed E-state index contributed by atoms with van der Waals surface area (Å²) >= 11 is 0. The number of nitrogens with zero attached hydrogens (tertiary/aromatic N) is 1. The molecule has 1 N–H and O–H groups in total. The Hall–Kier alpha value is -1.42. The minimum absolute atomic E-state index is 0. The summed E-state index contributed by atoms with van der Waals surface area (Å²) in [5.41, 5.74) is 3.78. The van der Waals surface area contributed by atoms with Crippen LogP contribution in [-0.2, 0) is 13.0 Å². The quantitative estimate of drug-likeness (QED) is 0.760. The third-order valence-electron chi connectivity index (χ3n) is 3.55. The number of hydrogen-bond acceptors (Lipinski definition) is 3. The van der Waals surface area contributed by atoms with E-state index >= 15 is 0 Å². The van der Waals surface area contributed by atoms with Crippen LogP contribution in [0.5, 0.6) is 5.75 Å². The van der Waals surface area contributed by atoms with Crippen molar-refractivity contribution in [2.75, 3.05) is 32.6 Å². The van der Waals surface area contributed by atoms with Crippen molar-refractivity contribution in [2.45, 2.75) is 13.0 Å². The molecular formula is C18H26Cl2N2O. The van der Waals surface area contributed by atoms with E-state index in [0.717, 1.165) is 25.3 Å². The number of ether oxygens (including phenoxy) is 1. The van der Waals surface area contributed by atoms with Gasteiger partial charge in [0.25, 0.3) is 0 Å². The number of halogens is 2. The van der Waals surface area contributed by atoms with E-state index in [2.05, 4.69) is 60.7 Å². The Kier molecular flexibility index (Phi) is 10.5. The summed E-state index contributed by atoms with van der Waals surface area (Å²) in [6, 6.07) is 16.8. The first-order chi connectivity index (χ1) is 10.2. The molecule has 0 atom stereocenters. The predicted octanol–water partition coefficient (Wildman–Crippen LogP) is 3.94. The van der Waals surface area contributed by atoms with Gasteiger partial charge in [-0.1, -0.05) is 30.3 Å². The van der Waals surface area contributed by atoms with Gasteiger partial charge in [-0.2, -0.15) is 0 Å². The molecule has 0 aliphatic heterocycles. The first-order valence-corrected chi connectivity index (χ1v) is 7.29. The third kappa shape index (κ3) is 6.69. The van der Waals surface area contributed by atoms with E-state index < -0.39 is 0 Å². The van der Waals surface area contributed by atoms with Gasteiger partial charge in [0.15, 0.2) is 0 Å². The standard InChI is InChI=1S/C18H24N2O.2ClH/c1-20(2)17-10-8-15(9-11-17)14-19-13-12-16-6-4-5-7-18(16)21-3;;/h4-11,19H,12-14H2,1-3H3;2*1H. The molecule has 0 aliphatic rings. The number of nitrogens with one attached hydrogen (secondary N) is 1. The molecule has 5 heteroatoms. The van der Waals surface area contributed by atoms with Gasteiger partial charge in [0.1, 0.15) is 5.75 Å². The van der Waals surface area contributed by atoms with E-state index in [1.54, 1.807) is 7.11 Å². The molecule has 0 saturated heterocycles. The van der Waals surface area contributed by atoms with Crippen molar-refractivity contribution in [2.24, 2.45) is 0 Å². The Morgan fingerprint density at radius 2 is 1.61 bits per heavy atom. The fourth-order valence-electron chi connectivity index (χ4n) is 2.28. The molecule has 2 aromatic rings. The van der Waals surface area contributed by atoms with Crippen molar-refractivity contribution in [3.05, 3.63) is 59.7 Å². The molecule has 0 spiro atoms. The maximum absolute atomic E-state index is 5.36. The van der Waals surface area contributed by atoms with Crippen LogP contribution in [-0.4, -0.2) is 27.7 Å². The lowest BCUT2D eigenvalue weighted by Crippen LogP contribution is -2.17. The molecule has 2 aromatic carbocycles. The van der Waals surface area contributed by atoms with Crippen LogP contribution < -0.4 is 15.0 Å². The molecule has 23 heavy (non-hydrogen) atoms. The van der Waals surface area contributed by atoms with Crippen molar-refractivity contribution in [3.63, 3.8) is 0 Å². The smallest absolute Gasteiger partial charge is 0.122 e. The molecule has 0 aliphatic carbocycles. The number of benzene rings is 2. The van der Waals surface area contributed by atoms with Gasteiger partial charge in [0.2, 0.25) is 0 Å². The number of methoxy groups -OCH3 is 1. The lowest BCUT2D eigenvalue weighted by molar-refractivity contribution is 0.409. The van der Waals surface area contributed by atoms with E-state index in [0.29, 0.717) is 0 Å². The normalized spacial score (nSPS) is 9.52. The molecule has 0 bridgehead atoms. The summed E-state index contributed by atoms with van der Waals surface area (Å²) in [4.78, 5) is 2.11. The number of hydrogen-bond donors (Lipinski definition) is 1. The lowest BCUT2D eigenvalue weighted by atomic mass is 10.1. The van der Waals surface area contributed by atoms with E-state index in [9.17, 15) is 0 Å². The summed E-state index contributed by atoms with van der Waals surface area (Å²) in [5.74, 6) is 0.967. The second kappa shape index (κ2) is 11.2. The Morgan fingerprint density at radius 3 is 2.22 bits per heavy atom. The monoisotopic (exact) mass is 356 g/mol. The molecule has 128 valence electrons. The van der Waals surface area contributed by atoms with Gasteiger partial charge in [-0.15, -0.1) is 24.8 Å². The Labute approximate surface area is 151 Å². The van der Waals surface area contributed by atoms with Crippen LogP contribution in [0.2, 0.25) is 0 Å². The molecule has 3 nitrogen and oxygen atoms in total. The molecule has 0 heterocycles. The van der Waals surface area contributed by atoms with Crippen LogP contribution in [0, 0.1) is 0 Å². The highest BCUT2D eigenvalue weighted by atomic mass is 35.5. The first kappa shape index (κ1) is 21.6. The highest BCUT2D eigenvalue weighted by Gasteiger charge is 2.01. The second-order valence-corrected chi connectivity index (χ2v) is 5.30. The van der Waals surface area contributed by atoms with E-state index in [4.69, 9.17) is 4.74 Å². The van der Waals surface area contributed by atoms with Gasteiger partial charge in [0.05, 0.1) is 7.11 Å². The predicted molar refractivity (Wildman–Crippen MR) is 104 cm³/mol. The van der Waals surface area contributed by atoms with E-state index in [-0.39, 0.29) is 24.8 Å². The SMILES string of the molecule is COc1ccccc1CCNCc1ccc(N(C)C)cc1.Cl.Cl. The van der Waals surface area contributed by atoms with Crippen molar-refractivity contribution < 1.29 is 4.74 Å². The zero-order chi connectivity index (χ0) is 15.1. The van der Waals surface area contributed by atoms with Gasteiger partial charge in [-0.05, 0) is 42.3 Å². The minimum atomic E-state index is 0. The molecule has 0 fully saturated rings. The van der Waals surface area contributed by atoms with Gasteiger partial charge in [-0.25, -0.2) is 0 Å². The average molecular weight is 357 g/mol. The van der Waals surface area contributed by atoms with Crippen LogP contribution in [0.25, 0.3) is 0 Å². The maximum Gasteiger partial charge on any atom is 0.122 e. The number of anilines is 1. The van der Waals surface area contributed by atoms with E-state index in [1.165, 1.54) is 16.8 Å². The Bertz CT molecular complexity index is 559. The molecule has 2 rings (SSSR count). The van der Waals surface area contributed by atoms with Gasteiger partial charge in [-0.3, -0.25) is 0 Å². The van der Waals surface area contributed by atoms with E-state index in [1.807, 2.05) is 12.1 Å². The summed E-state index contributed by atoms with van der Waals surface area (Å²) in [5, 5.41) is 3.48. The Balaban J connectivity index is 0.00000242. The minimum Gasteiger partial charge on any atom is -0.496 e. The zero-order valence-electron chi connectivity index (χ0n) is 13.9. The van der Waals surface area contributed by atoms with Crippen molar-refractivity contribution in [1.82, 2.24) is 5.32 Å². The highest BCUT2D eigenvalue weighted by molar-refractivity contribution is 5.85. The molecule has 0 aromatic heterocycles. The van der Waals surface area contributed by atoms with Crippen molar-refractivity contribution in [1.29, 1.82) is 0 Å². The third-order valence-corrected chi connectivity index (χ3v) is 3.55. The second-order valence-electron chi connectivity index (χ2n) is 5.30.